The second-order valence-electron chi connectivity index (χ2n) is 3.88. The highest BCUT2D eigenvalue weighted by Crippen LogP contribution is 2.25. The number of rotatable bonds is 3. The largest absolute Gasteiger partial charge is 0.411 e. The van der Waals surface area contributed by atoms with Gasteiger partial charge in [0.2, 0.25) is 0 Å². The smallest absolute Gasteiger partial charge is 0.0652 e. The van der Waals surface area contributed by atoms with Gasteiger partial charge in [-0.25, -0.2) is 0 Å². The van der Waals surface area contributed by atoms with Gasteiger partial charge in [0.25, 0.3) is 0 Å². The zero-order valence-electron chi connectivity index (χ0n) is 8.18. The molecule has 0 amide bonds. The van der Waals surface area contributed by atoms with Crippen LogP contribution in [0.3, 0.4) is 0 Å². The fourth-order valence-electron chi connectivity index (χ4n) is 1.21. The number of hydrogen-bond donors (Lipinski definition) is 1. The Labute approximate surface area is 69.3 Å². The van der Waals surface area contributed by atoms with E-state index in [1.807, 2.05) is 13.8 Å². The maximum atomic E-state index is 8.75. The molecule has 0 aromatic carbocycles. The van der Waals surface area contributed by atoms with Crippen molar-refractivity contribution in [1.82, 2.24) is 0 Å². The molecule has 0 saturated carbocycles. The third kappa shape index (κ3) is 2.52. The van der Waals surface area contributed by atoms with Gasteiger partial charge < -0.3 is 5.21 Å². The number of hydrogen-bond acceptors (Lipinski definition) is 2. The summed E-state index contributed by atoms with van der Waals surface area (Å²) in [5.41, 5.74) is 0.920. The monoisotopic (exact) mass is 157 g/mol. The normalized spacial score (nSPS) is 14.2. The quantitative estimate of drug-likeness (QED) is 0.381. The van der Waals surface area contributed by atoms with Gasteiger partial charge in [0.15, 0.2) is 0 Å². The molecule has 0 heterocycles. The summed E-state index contributed by atoms with van der Waals surface area (Å²) in [4.78, 5) is 0. The average molecular weight is 157 g/mol. The van der Waals surface area contributed by atoms with E-state index in [0.29, 0.717) is 5.92 Å². The molecule has 0 aromatic heterocycles. The van der Waals surface area contributed by atoms with E-state index >= 15 is 0 Å². The molecule has 0 aliphatic carbocycles. The molecule has 66 valence electrons. The molecule has 2 nitrogen and oxygen atoms in total. The van der Waals surface area contributed by atoms with E-state index in [2.05, 4.69) is 25.9 Å². The van der Waals surface area contributed by atoms with Gasteiger partial charge in [-0.3, -0.25) is 0 Å². The second-order valence-corrected chi connectivity index (χ2v) is 3.88. The lowest BCUT2D eigenvalue weighted by molar-refractivity contribution is 0.302. The lowest BCUT2D eigenvalue weighted by Crippen LogP contribution is -2.27. The van der Waals surface area contributed by atoms with E-state index < -0.39 is 0 Å². The minimum Gasteiger partial charge on any atom is -0.411 e. The van der Waals surface area contributed by atoms with Gasteiger partial charge in [0, 0.05) is 5.41 Å². The van der Waals surface area contributed by atoms with Crippen molar-refractivity contribution in [3.63, 3.8) is 0 Å². The van der Waals surface area contributed by atoms with Crippen LogP contribution in [0.2, 0.25) is 0 Å². The van der Waals surface area contributed by atoms with Gasteiger partial charge in [-0.05, 0) is 12.3 Å². The Bertz CT molecular complexity index is 148. The highest BCUT2D eigenvalue weighted by molar-refractivity contribution is 5.90. The minimum atomic E-state index is 0.0307. The van der Waals surface area contributed by atoms with Crippen LogP contribution in [-0.4, -0.2) is 10.9 Å². The molecule has 0 unspecified atom stereocenters. The zero-order chi connectivity index (χ0) is 9.07. The summed E-state index contributed by atoms with van der Waals surface area (Å²) in [5.74, 6) is 0.329. The first-order valence-corrected chi connectivity index (χ1v) is 4.18. The average Bonchev–Trinajstić information content (AvgIpc) is 1.88. The van der Waals surface area contributed by atoms with Crippen molar-refractivity contribution in [2.24, 2.45) is 16.5 Å². The Hall–Kier alpha value is -0.530. The third-order valence-electron chi connectivity index (χ3n) is 2.23. The summed E-state index contributed by atoms with van der Waals surface area (Å²) in [6.07, 6.45) is 1.00. The van der Waals surface area contributed by atoms with E-state index in [9.17, 15) is 0 Å². The van der Waals surface area contributed by atoms with Crippen molar-refractivity contribution in [2.45, 2.75) is 41.0 Å². The Balaban J connectivity index is 4.52. The van der Waals surface area contributed by atoms with Crippen molar-refractivity contribution in [3.05, 3.63) is 0 Å². The SMILES string of the molecule is CCC(C)(C)/C(=N/O)C(C)C. The Morgan fingerprint density at radius 1 is 1.45 bits per heavy atom. The molecule has 0 rings (SSSR count). The topological polar surface area (TPSA) is 32.6 Å². The molecule has 0 spiro atoms. The minimum absolute atomic E-state index is 0.0307. The molecular weight excluding hydrogens is 138 g/mol. The fraction of sp³-hybridized carbons (Fsp3) is 0.889. The van der Waals surface area contributed by atoms with E-state index in [0.717, 1.165) is 12.1 Å². The van der Waals surface area contributed by atoms with E-state index in [1.54, 1.807) is 0 Å². The summed E-state index contributed by atoms with van der Waals surface area (Å²) < 4.78 is 0. The predicted molar refractivity (Wildman–Crippen MR) is 48.1 cm³/mol. The van der Waals surface area contributed by atoms with Crippen molar-refractivity contribution in [3.8, 4) is 0 Å². The molecule has 1 N–H and O–H groups in total. The summed E-state index contributed by atoms with van der Waals surface area (Å²) in [6.45, 7) is 10.4. The van der Waals surface area contributed by atoms with Crippen LogP contribution in [0, 0.1) is 11.3 Å². The van der Waals surface area contributed by atoms with Crippen LogP contribution in [0.25, 0.3) is 0 Å². The van der Waals surface area contributed by atoms with E-state index in [-0.39, 0.29) is 5.41 Å². The lowest BCUT2D eigenvalue weighted by Gasteiger charge is -2.26. The molecular formula is C9H19NO. The van der Waals surface area contributed by atoms with E-state index in [1.165, 1.54) is 0 Å². The van der Waals surface area contributed by atoms with Gasteiger partial charge in [-0.15, -0.1) is 0 Å². The first-order valence-electron chi connectivity index (χ1n) is 4.18. The van der Waals surface area contributed by atoms with Crippen LogP contribution in [0.1, 0.15) is 41.0 Å². The van der Waals surface area contributed by atoms with Crippen LogP contribution in [0.15, 0.2) is 5.16 Å². The molecule has 0 saturated heterocycles. The van der Waals surface area contributed by atoms with Crippen LogP contribution < -0.4 is 0 Å². The Kier molecular flexibility index (Phi) is 3.56. The van der Waals surface area contributed by atoms with Crippen LogP contribution in [0.4, 0.5) is 0 Å². The van der Waals surface area contributed by atoms with Crippen LogP contribution in [-0.2, 0) is 0 Å². The first-order chi connectivity index (χ1) is 4.95. The predicted octanol–water partition coefficient (Wildman–Crippen LogP) is 2.91. The molecule has 0 bridgehead atoms. The second kappa shape index (κ2) is 3.74. The molecule has 11 heavy (non-hydrogen) atoms. The third-order valence-corrected chi connectivity index (χ3v) is 2.23. The van der Waals surface area contributed by atoms with Gasteiger partial charge in [0.05, 0.1) is 5.71 Å². The molecule has 0 aliphatic heterocycles. The Morgan fingerprint density at radius 2 is 1.91 bits per heavy atom. The highest BCUT2D eigenvalue weighted by atomic mass is 16.4. The zero-order valence-corrected chi connectivity index (χ0v) is 8.18. The summed E-state index contributed by atoms with van der Waals surface area (Å²) >= 11 is 0. The molecule has 2 heteroatoms. The number of oxime groups is 1. The maximum absolute atomic E-state index is 8.75. The van der Waals surface area contributed by atoms with E-state index in [4.69, 9.17) is 5.21 Å². The van der Waals surface area contributed by atoms with Crippen molar-refractivity contribution >= 4 is 5.71 Å². The van der Waals surface area contributed by atoms with Gasteiger partial charge in [0.1, 0.15) is 0 Å². The number of nitrogens with zero attached hydrogens (tertiary/aromatic N) is 1. The van der Waals surface area contributed by atoms with Gasteiger partial charge >= 0.3 is 0 Å². The molecule has 0 fully saturated rings. The standard InChI is InChI=1S/C9H19NO/c1-6-9(4,5)8(10-11)7(2)3/h7,11H,6H2,1-5H3/b10-8+. The van der Waals surface area contributed by atoms with Crippen molar-refractivity contribution < 1.29 is 5.21 Å². The summed E-state index contributed by atoms with van der Waals surface area (Å²) in [6, 6.07) is 0. The van der Waals surface area contributed by atoms with Crippen molar-refractivity contribution in [1.29, 1.82) is 0 Å². The van der Waals surface area contributed by atoms with Crippen LogP contribution >= 0.6 is 0 Å². The van der Waals surface area contributed by atoms with Gasteiger partial charge in [-0.2, -0.15) is 0 Å². The van der Waals surface area contributed by atoms with Gasteiger partial charge in [-0.1, -0.05) is 39.8 Å². The molecule has 0 atom stereocenters. The Morgan fingerprint density at radius 3 is 2.00 bits per heavy atom. The fourth-order valence-corrected chi connectivity index (χ4v) is 1.21. The molecule has 0 radical (unpaired) electrons. The molecule has 0 aliphatic rings. The first kappa shape index (κ1) is 10.5. The molecule has 0 aromatic rings. The highest BCUT2D eigenvalue weighted by Gasteiger charge is 2.25. The lowest BCUT2D eigenvalue weighted by atomic mass is 9.79. The summed E-state index contributed by atoms with van der Waals surface area (Å²) in [5, 5.41) is 12.1. The van der Waals surface area contributed by atoms with Crippen molar-refractivity contribution in [2.75, 3.05) is 0 Å². The van der Waals surface area contributed by atoms with Crippen LogP contribution in [0.5, 0.6) is 0 Å². The summed E-state index contributed by atoms with van der Waals surface area (Å²) in [7, 11) is 0. The maximum Gasteiger partial charge on any atom is 0.0652 e.